The van der Waals surface area contributed by atoms with Crippen LogP contribution in [0.3, 0.4) is 0 Å². The van der Waals surface area contributed by atoms with E-state index in [-0.39, 0.29) is 31.1 Å². The quantitative estimate of drug-likeness (QED) is 0.709. The summed E-state index contributed by atoms with van der Waals surface area (Å²) in [5, 5.41) is 17.3. The first-order chi connectivity index (χ1) is 3.66. The Labute approximate surface area is 80.0 Å². The first-order valence-corrected chi connectivity index (χ1v) is 2.65. The Morgan fingerprint density at radius 1 is 1.56 bits per heavy atom. The third-order valence-corrected chi connectivity index (χ3v) is 0.898. The Balaban J connectivity index is 0. The Bertz CT molecular complexity index is 57.0. The molecule has 0 saturated carbocycles. The number of aliphatic hydroxyl groups is 2. The van der Waals surface area contributed by atoms with E-state index in [0.29, 0.717) is 6.42 Å². The molecule has 3 heteroatoms. The van der Waals surface area contributed by atoms with E-state index in [4.69, 9.17) is 10.2 Å². The fourth-order valence-electron chi connectivity index (χ4n) is 0.415. The normalized spacial score (nSPS) is 16.0. The maximum atomic E-state index is 8.77. The van der Waals surface area contributed by atoms with Gasteiger partial charge >= 0.3 is 31.1 Å². The van der Waals surface area contributed by atoms with Crippen molar-refractivity contribution >= 4 is 0 Å². The predicted octanol–water partition coefficient (Wildman–Crippen LogP) is 0.157. The van der Waals surface area contributed by atoms with Crippen molar-refractivity contribution in [2.45, 2.75) is 25.6 Å². The van der Waals surface area contributed by atoms with Crippen molar-refractivity contribution in [3.63, 3.8) is 0 Å². The molecule has 0 spiro atoms. The first kappa shape index (κ1) is 12.6. The Hall–Kier alpha value is 0.972. The third kappa shape index (κ3) is 8.97. The van der Waals surface area contributed by atoms with Crippen LogP contribution in [0.1, 0.15) is 13.3 Å². The second kappa shape index (κ2) is 7.08. The standard InChI is InChI=1S/C6H12O2.U/c1-3-6(8)4-5(2)7;/h3,5-8H,2,4H2,1H3;/q-2;+2/t5-,6+;/m1./s1. The van der Waals surface area contributed by atoms with Crippen molar-refractivity contribution in [2.24, 2.45) is 0 Å². The minimum Gasteiger partial charge on any atom is -0.425 e. The fourth-order valence-corrected chi connectivity index (χ4v) is 0.415. The van der Waals surface area contributed by atoms with E-state index >= 15 is 0 Å². The van der Waals surface area contributed by atoms with Crippen molar-refractivity contribution < 1.29 is 41.3 Å². The molecule has 0 rings (SSSR count). The molecule has 0 aromatic carbocycles. The van der Waals surface area contributed by atoms with Gasteiger partial charge in [0, 0.05) is 0 Å². The summed E-state index contributed by atoms with van der Waals surface area (Å²) in [6.07, 6.45) is 0.786. The molecule has 0 amide bonds. The van der Waals surface area contributed by atoms with Gasteiger partial charge in [0.1, 0.15) is 0 Å². The third-order valence-electron chi connectivity index (χ3n) is 0.898. The molecule has 0 aliphatic rings. The summed E-state index contributed by atoms with van der Waals surface area (Å²) in [6.45, 7) is 5.05. The zero-order chi connectivity index (χ0) is 6.57. The van der Waals surface area contributed by atoms with Gasteiger partial charge < -0.3 is 23.6 Å². The number of hydrogen-bond donors (Lipinski definition) is 2. The maximum absolute atomic E-state index is 8.77. The van der Waals surface area contributed by atoms with E-state index in [9.17, 15) is 0 Å². The smallest absolute Gasteiger partial charge is 0.425 e. The first-order valence-electron chi connectivity index (χ1n) is 2.65. The van der Waals surface area contributed by atoms with Gasteiger partial charge in [-0.1, -0.05) is 18.6 Å². The molecule has 2 atom stereocenters. The average molecular weight is 354 g/mol. The molecule has 0 fully saturated rings. The van der Waals surface area contributed by atoms with E-state index in [1.165, 1.54) is 0 Å². The van der Waals surface area contributed by atoms with Crippen LogP contribution < -0.4 is 0 Å². The van der Waals surface area contributed by atoms with Crippen molar-refractivity contribution in [3.8, 4) is 0 Å². The molecule has 0 aliphatic heterocycles. The van der Waals surface area contributed by atoms with Gasteiger partial charge in [0.2, 0.25) is 0 Å². The second-order valence-electron chi connectivity index (χ2n) is 1.79. The predicted molar refractivity (Wildman–Crippen MR) is 32.0 cm³/mol. The number of rotatable bonds is 3. The van der Waals surface area contributed by atoms with Gasteiger partial charge in [-0.25, -0.2) is 0 Å². The summed E-state index contributed by atoms with van der Waals surface area (Å²) in [5.41, 5.74) is 0. The van der Waals surface area contributed by atoms with Gasteiger partial charge in [-0.15, -0.1) is 0 Å². The molecule has 2 N–H and O–H groups in total. The van der Waals surface area contributed by atoms with Crippen molar-refractivity contribution in [1.29, 1.82) is 0 Å². The minimum atomic E-state index is -0.652. The van der Waals surface area contributed by atoms with Crippen molar-refractivity contribution in [1.82, 2.24) is 0 Å². The molecule has 9 heavy (non-hydrogen) atoms. The van der Waals surface area contributed by atoms with Crippen LogP contribution >= 0.6 is 0 Å². The Morgan fingerprint density at radius 3 is 2.11 bits per heavy atom. The summed E-state index contributed by atoms with van der Waals surface area (Å²) >= 11 is 0. The molecule has 0 aliphatic carbocycles. The molecule has 0 aromatic heterocycles. The van der Waals surface area contributed by atoms with Crippen LogP contribution in [0.4, 0.5) is 0 Å². The van der Waals surface area contributed by atoms with Crippen molar-refractivity contribution in [2.75, 3.05) is 0 Å². The van der Waals surface area contributed by atoms with Gasteiger partial charge in [-0.2, -0.15) is 6.92 Å². The maximum Gasteiger partial charge on any atom is 2.00 e. The zero-order valence-electron chi connectivity index (χ0n) is 5.54. The zero-order valence-corrected chi connectivity index (χ0v) is 9.70. The van der Waals surface area contributed by atoms with E-state index in [0.717, 1.165) is 0 Å². The van der Waals surface area contributed by atoms with Gasteiger partial charge in [-0.05, 0) is 0 Å². The van der Waals surface area contributed by atoms with Crippen LogP contribution in [0.15, 0.2) is 0 Å². The molecule has 2 nitrogen and oxygen atoms in total. The summed E-state index contributed by atoms with van der Waals surface area (Å²) < 4.78 is 0. The van der Waals surface area contributed by atoms with E-state index in [1.807, 2.05) is 0 Å². The number of hydrogen-bond acceptors (Lipinski definition) is 2. The van der Waals surface area contributed by atoms with Crippen LogP contribution in [0.25, 0.3) is 0 Å². The van der Waals surface area contributed by atoms with Gasteiger partial charge in [0.15, 0.2) is 0 Å². The Morgan fingerprint density at radius 2 is 2.00 bits per heavy atom. The molecule has 0 aromatic rings. The fraction of sp³-hybridized carbons (Fsp3) is 0.667. The van der Waals surface area contributed by atoms with Crippen LogP contribution in [0, 0.1) is 44.5 Å². The molecule has 0 radical (unpaired) electrons. The van der Waals surface area contributed by atoms with Crippen LogP contribution in [-0.4, -0.2) is 22.4 Å². The van der Waals surface area contributed by atoms with E-state index in [1.54, 1.807) is 13.3 Å². The molecular weight excluding hydrogens is 342 g/mol. The van der Waals surface area contributed by atoms with Crippen LogP contribution in [-0.2, 0) is 0 Å². The summed E-state index contributed by atoms with van der Waals surface area (Å²) in [6, 6.07) is 0. The summed E-state index contributed by atoms with van der Waals surface area (Å²) in [7, 11) is 0. The van der Waals surface area contributed by atoms with Gasteiger partial charge in [0.25, 0.3) is 0 Å². The average Bonchev–Trinajstić information content (AvgIpc) is 1.65. The minimum absolute atomic E-state index is 0. The Kier molecular flexibility index (Phi) is 9.94. The largest absolute Gasteiger partial charge is 2.00 e. The molecule has 0 bridgehead atoms. The van der Waals surface area contributed by atoms with E-state index in [2.05, 4.69) is 6.92 Å². The topological polar surface area (TPSA) is 40.5 Å². The molecule has 0 saturated heterocycles. The monoisotopic (exact) mass is 354 g/mol. The molecule has 0 unspecified atom stereocenters. The van der Waals surface area contributed by atoms with Crippen LogP contribution in [0.5, 0.6) is 0 Å². The second-order valence-corrected chi connectivity index (χ2v) is 1.79. The van der Waals surface area contributed by atoms with Crippen LogP contribution in [0.2, 0.25) is 0 Å². The summed E-state index contributed by atoms with van der Waals surface area (Å²) in [4.78, 5) is 0. The number of aliphatic hydroxyl groups excluding tert-OH is 2. The molecule has 0 heterocycles. The van der Waals surface area contributed by atoms with Gasteiger partial charge in [-0.3, -0.25) is 0 Å². The molecule has 52 valence electrons. The SMILES string of the molecule is [CH2-][C@@H](O)C[C@@H](O)[CH-]C.[U+2]. The molecular formula is C6H12O2U. The van der Waals surface area contributed by atoms with Gasteiger partial charge in [0.05, 0.1) is 0 Å². The summed E-state index contributed by atoms with van der Waals surface area (Å²) in [5.74, 6) is 0. The van der Waals surface area contributed by atoms with E-state index < -0.39 is 12.2 Å². The van der Waals surface area contributed by atoms with Crippen molar-refractivity contribution in [3.05, 3.63) is 13.3 Å².